The van der Waals surface area contributed by atoms with Crippen molar-refractivity contribution in [2.75, 3.05) is 24.5 Å². The van der Waals surface area contributed by atoms with E-state index in [2.05, 4.69) is 31.7 Å². The number of amides is 1. The van der Waals surface area contributed by atoms with Gasteiger partial charge in [-0.15, -0.1) is 0 Å². The van der Waals surface area contributed by atoms with Gasteiger partial charge in [-0.05, 0) is 50.2 Å². The van der Waals surface area contributed by atoms with E-state index in [1.165, 1.54) is 11.8 Å². The van der Waals surface area contributed by atoms with E-state index >= 15 is 0 Å². The molecular weight excluding hydrogens is 452 g/mol. The Kier molecular flexibility index (Phi) is 8.41. The zero-order valence-corrected chi connectivity index (χ0v) is 21.9. The Labute approximate surface area is 206 Å². The lowest BCUT2D eigenvalue weighted by Gasteiger charge is -2.38. The molecule has 0 aromatic carbocycles. The van der Waals surface area contributed by atoms with Crippen LogP contribution in [0.2, 0.25) is 0 Å². The number of pyridine rings is 1. The maximum absolute atomic E-state index is 13.2. The first-order valence-electron chi connectivity index (χ1n) is 11.9. The van der Waals surface area contributed by atoms with Gasteiger partial charge in [-0.1, -0.05) is 57.6 Å². The number of rotatable bonds is 7. The highest BCUT2D eigenvalue weighted by molar-refractivity contribution is 8.26. The number of anilines is 1. The van der Waals surface area contributed by atoms with E-state index in [1.54, 1.807) is 9.47 Å². The molecule has 2 fully saturated rings. The predicted molar refractivity (Wildman–Crippen MR) is 140 cm³/mol. The molecular formula is C25H34N4O2S2. The van der Waals surface area contributed by atoms with Crippen LogP contribution in [0.15, 0.2) is 9.70 Å². The Morgan fingerprint density at radius 3 is 2.42 bits per heavy atom. The molecule has 8 heteroatoms. The molecule has 3 rings (SSSR count). The second-order valence-corrected chi connectivity index (χ2v) is 11.0. The van der Waals surface area contributed by atoms with Crippen LogP contribution in [-0.4, -0.2) is 39.3 Å². The zero-order chi connectivity index (χ0) is 24.3. The van der Waals surface area contributed by atoms with Crippen LogP contribution in [-0.2, 0) is 11.3 Å². The van der Waals surface area contributed by atoms with E-state index in [9.17, 15) is 14.9 Å². The molecule has 0 N–H and O–H groups in total. The van der Waals surface area contributed by atoms with Gasteiger partial charge in [0.25, 0.3) is 11.5 Å². The van der Waals surface area contributed by atoms with Crippen molar-refractivity contribution in [2.24, 2.45) is 11.8 Å². The Morgan fingerprint density at radius 1 is 1.18 bits per heavy atom. The van der Waals surface area contributed by atoms with Gasteiger partial charge in [0.05, 0.1) is 4.91 Å². The number of nitrogens with zero attached hydrogens (tertiary/aromatic N) is 4. The molecule has 3 heterocycles. The van der Waals surface area contributed by atoms with Gasteiger partial charge in [-0.2, -0.15) is 5.26 Å². The van der Waals surface area contributed by atoms with Crippen molar-refractivity contribution in [3.05, 3.63) is 31.9 Å². The van der Waals surface area contributed by atoms with Crippen LogP contribution in [0.5, 0.6) is 0 Å². The standard InChI is InChI=1S/C25H34N4O2S2/c1-6-8-9-10-29-24(31)21(33-25(29)32)12-19-18(5)20(13-26)23(30)28(7-2)22(19)27-14-16(3)11-17(4)15-27/h12,16-17H,6-11,14-15H2,1-5H3. The molecule has 2 atom stereocenters. The minimum Gasteiger partial charge on any atom is -0.357 e. The molecule has 0 bridgehead atoms. The lowest BCUT2D eigenvalue weighted by Crippen LogP contribution is -2.42. The van der Waals surface area contributed by atoms with Crippen LogP contribution in [0.4, 0.5) is 5.82 Å². The van der Waals surface area contributed by atoms with Gasteiger partial charge in [-0.25, -0.2) is 0 Å². The third kappa shape index (κ3) is 5.20. The monoisotopic (exact) mass is 486 g/mol. The minimum atomic E-state index is -0.261. The van der Waals surface area contributed by atoms with Crippen molar-refractivity contribution in [1.29, 1.82) is 5.26 Å². The van der Waals surface area contributed by atoms with Gasteiger partial charge in [0.1, 0.15) is 21.8 Å². The molecule has 33 heavy (non-hydrogen) atoms. The van der Waals surface area contributed by atoms with Crippen LogP contribution in [0, 0.1) is 30.1 Å². The first-order chi connectivity index (χ1) is 15.7. The molecule has 6 nitrogen and oxygen atoms in total. The second kappa shape index (κ2) is 10.9. The summed E-state index contributed by atoms with van der Waals surface area (Å²) in [5.74, 6) is 1.72. The summed E-state index contributed by atoms with van der Waals surface area (Å²) < 4.78 is 2.27. The third-order valence-corrected chi connectivity index (χ3v) is 7.84. The number of thioether (sulfide) groups is 1. The normalized spacial score (nSPS) is 22.4. The van der Waals surface area contributed by atoms with E-state index < -0.39 is 0 Å². The van der Waals surface area contributed by atoms with Gasteiger partial charge in [-0.3, -0.25) is 19.1 Å². The van der Waals surface area contributed by atoms with Crippen LogP contribution in [0.1, 0.15) is 70.1 Å². The molecule has 1 aromatic heterocycles. The van der Waals surface area contributed by atoms with Crippen LogP contribution in [0.3, 0.4) is 0 Å². The molecule has 178 valence electrons. The fraction of sp³-hybridized carbons (Fsp3) is 0.600. The first-order valence-corrected chi connectivity index (χ1v) is 13.1. The quantitative estimate of drug-likeness (QED) is 0.309. The smallest absolute Gasteiger partial charge is 0.270 e. The number of aromatic nitrogens is 1. The van der Waals surface area contributed by atoms with E-state index in [-0.39, 0.29) is 17.0 Å². The fourth-order valence-electron chi connectivity index (χ4n) is 4.96. The minimum absolute atomic E-state index is 0.0837. The van der Waals surface area contributed by atoms with Crippen molar-refractivity contribution in [1.82, 2.24) is 9.47 Å². The van der Waals surface area contributed by atoms with E-state index in [1.807, 2.05) is 19.9 Å². The summed E-state index contributed by atoms with van der Waals surface area (Å²) in [6.45, 7) is 13.1. The fourth-order valence-corrected chi connectivity index (χ4v) is 6.25. The Bertz CT molecular complexity index is 1060. The number of thiocarbonyl (C=S) groups is 1. The van der Waals surface area contributed by atoms with E-state index in [0.717, 1.165) is 50.2 Å². The highest BCUT2D eigenvalue weighted by atomic mass is 32.2. The lowest BCUT2D eigenvalue weighted by molar-refractivity contribution is -0.122. The number of unbranched alkanes of at least 4 members (excludes halogenated alkanes) is 2. The van der Waals surface area contributed by atoms with Gasteiger partial charge < -0.3 is 4.90 Å². The number of piperidine rings is 1. The number of carbonyl (C=O) groups excluding carboxylic acids is 1. The third-order valence-electron chi connectivity index (χ3n) is 6.47. The SMILES string of the molecule is CCCCCN1C(=O)C(=Cc2c(C)c(C#N)c(=O)n(CC)c2N2CC(C)CC(C)C2)SC1=S. The van der Waals surface area contributed by atoms with Crippen molar-refractivity contribution in [3.63, 3.8) is 0 Å². The van der Waals surface area contributed by atoms with Crippen molar-refractivity contribution < 1.29 is 4.79 Å². The average molecular weight is 487 g/mol. The maximum atomic E-state index is 13.2. The van der Waals surface area contributed by atoms with Crippen molar-refractivity contribution >= 4 is 46.1 Å². The summed E-state index contributed by atoms with van der Waals surface area (Å²) in [6.07, 6.45) is 6.06. The molecule has 0 radical (unpaired) electrons. The molecule has 0 saturated carbocycles. The summed E-state index contributed by atoms with van der Waals surface area (Å²) >= 11 is 6.82. The highest BCUT2D eigenvalue weighted by Crippen LogP contribution is 2.37. The molecule has 1 amide bonds. The number of hydrogen-bond donors (Lipinski definition) is 0. The number of nitriles is 1. The summed E-state index contributed by atoms with van der Waals surface area (Å²) in [7, 11) is 0. The van der Waals surface area contributed by atoms with Crippen molar-refractivity contribution in [2.45, 2.75) is 66.8 Å². The van der Waals surface area contributed by atoms with E-state index in [4.69, 9.17) is 12.2 Å². The van der Waals surface area contributed by atoms with Crippen LogP contribution in [0.25, 0.3) is 6.08 Å². The van der Waals surface area contributed by atoms with Gasteiger partial charge in [0.2, 0.25) is 0 Å². The molecule has 2 saturated heterocycles. The second-order valence-electron chi connectivity index (χ2n) is 9.29. The van der Waals surface area contributed by atoms with Crippen molar-refractivity contribution in [3.8, 4) is 6.07 Å². The van der Waals surface area contributed by atoms with Gasteiger partial charge in [0.15, 0.2) is 0 Å². The van der Waals surface area contributed by atoms with Gasteiger partial charge >= 0.3 is 0 Å². The zero-order valence-electron chi connectivity index (χ0n) is 20.3. The molecule has 1 aromatic rings. The molecule has 2 unspecified atom stereocenters. The van der Waals surface area contributed by atoms with Crippen LogP contribution < -0.4 is 10.5 Å². The van der Waals surface area contributed by atoms with E-state index in [0.29, 0.717) is 39.7 Å². The molecule has 2 aliphatic heterocycles. The molecule has 0 aliphatic carbocycles. The molecule has 2 aliphatic rings. The molecule has 0 spiro atoms. The summed E-state index contributed by atoms with van der Waals surface area (Å²) in [5, 5.41) is 9.75. The Hall–Kier alpha value is -2.11. The Balaban J connectivity index is 2.15. The van der Waals surface area contributed by atoms with Crippen LogP contribution >= 0.6 is 24.0 Å². The summed E-state index contributed by atoms with van der Waals surface area (Å²) in [4.78, 5) is 30.9. The largest absolute Gasteiger partial charge is 0.357 e. The summed E-state index contributed by atoms with van der Waals surface area (Å²) in [5.41, 5.74) is 1.29. The highest BCUT2D eigenvalue weighted by Gasteiger charge is 2.33. The first kappa shape index (κ1) is 25.5. The summed E-state index contributed by atoms with van der Waals surface area (Å²) in [6, 6.07) is 2.11. The number of hydrogen-bond acceptors (Lipinski definition) is 6. The Morgan fingerprint density at radius 2 is 1.85 bits per heavy atom. The average Bonchev–Trinajstić information content (AvgIpc) is 3.02. The number of carbonyl (C=O) groups is 1. The van der Waals surface area contributed by atoms with Gasteiger partial charge in [0, 0.05) is 31.7 Å². The maximum Gasteiger partial charge on any atom is 0.270 e. The lowest BCUT2D eigenvalue weighted by atomic mass is 9.91. The topological polar surface area (TPSA) is 69.3 Å². The predicted octanol–water partition coefficient (Wildman–Crippen LogP) is 4.92.